The maximum atomic E-state index is 13.3. The van der Waals surface area contributed by atoms with Crippen LogP contribution in [0.3, 0.4) is 0 Å². The van der Waals surface area contributed by atoms with Crippen molar-refractivity contribution < 1.29 is 9.18 Å². The van der Waals surface area contributed by atoms with E-state index in [-0.39, 0.29) is 18.1 Å². The van der Waals surface area contributed by atoms with Crippen LogP contribution in [0.25, 0.3) is 0 Å². The molecule has 2 rings (SSSR count). The van der Waals surface area contributed by atoms with E-state index < -0.39 is 0 Å². The number of nitrogens with one attached hydrogen (secondary N) is 3. The summed E-state index contributed by atoms with van der Waals surface area (Å²) in [5.41, 5.74) is 2.41. The van der Waals surface area contributed by atoms with E-state index in [1.54, 1.807) is 32.2 Å². The van der Waals surface area contributed by atoms with E-state index >= 15 is 0 Å². The second-order valence-electron chi connectivity index (χ2n) is 5.90. The van der Waals surface area contributed by atoms with Crippen LogP contribution in [0.2, 0.25) is 0 Å². The first-order chi connectivity index (χ1) is 12.5. The molecule has 0 saturated heterocycles. The molecule has 138 valence electrons. The number of aromatic nitrogens is 1. The summed E-state index contributed by atoms with van der Waals surface area (Å²) < 4.78 is 13.3. The van der Waals surface area contributed by atoms with Crippen LogP contribution in [-0.4, -0.2) is 30.4 Å². The van der Waals surface area contributed by atoms with Gasteiger partial charge in [-0.1, -0.05) is 18.2 Å². The molecular weight excluding hydrogens is 333 g/mol. The first kappa shape index (κ1) is 19.4. The quantitative estimate of drug-likeness (QED) is 0.548. The van der Waals surface area contributed by atoms with Crippen LogP contribution in [0.15, 0.2) is 41.4 Å². The van der Waals surface area contributed by atoms with Gasteiger partial charge in [-0.3, -0.25) is 9.79 Å². The number of hydrogen-bond donors (Lipinski definition) is 3. The molecule has 1 heterocycles. The number of aryl methyl sites for hydroxylation is 2. The number of amides is 1. The smallest absolute Gasteiger partial charge is 0.227 e. The van der Waals surface area contributed by atoms with Crippen molar-refractivity contribution in [3.63, 3.8) is 0 Å². The number of carbonyl (C=O) groups is 1. The van der Waals surface area contributed by atoms with Gasteiger partial charge in [0.2, 0.25) is 5.91 Å². The van der Waals surface area contributed by atoms with Gasteiger partial charge >= 0.3 is 0 Å². The summed E-state index contributed by atoms with van der Waals surface area (Å²) in [7, 11) is 1.65. The molecule has 0 unspecified atom stereocenters. The fourth-order valence-electron chi connectivity index (χ4n) is 2.34. The number of guanidine groups is 1. The van der Waals surface area contributed by atoms with Gasteiger partial charge in [0.15, 0.2) is 5.96 Å². The number of aliphatic imine (C=N–C) groups is 1. The molecule has 3 N–H and O–H groups in total. The van der Waals surface area contributed by atoms with E-state index in [9.17, 15) is 9.18 Å². The van der Waals surface area contributed by atoms with Crippen molar-refractivity contribution in [1.82, 2.24) is 15.6 Å². The monoisotopic (exact) mass is 357 g/mol. The Morgan fingerprint density at radius 3 is 2.69 bits per heavy atom. The Kier molecular flexibility index (Phi) is 7.08. The molecule has 0 bridgehead atoms. The molecule has 2 aromatic rings. The molecule has 0 aliphatic carbocycles. The molecule has 7 heteroatoms. The fraction of sp³-hybridized carbons (Fsp3) is 0.316. The Morgan fingerprint density at radius 1 is 1.19 bits per heavy atom. The van der Waals surface area contributed by atoms with E-state index in [0.717, 1.165) is 11.3 Å². The van der Waals surface area contributed by atoms with Gasteiger partial charge in [-0.25, -0.2) is 9.37 Å². The zero-order valence-electron chi connectivity index (χ0n) is 15.3. The second-order valence-corrected chi connectivity index (χ2v) is 5.90. The average Bonchev–Trinajstić information content (AvgIpc) is 2.60. The molecule has 0 atom stereocenters. The zero-order valence-corrected chi connectivity index (χ0v) is 15.3. The van der Waals surface area contributed by atoms with Crippen molar-refractivity contribution in [2.75, 3.05) is 18.9 Å². The molecule has 26 heavy (non-hydrogen) atoms. The highest BCUT2D eigenvalue weighted by Crippen LogP contribution is 2.08. The predicted molar refractivity (Wildman–Crippen MR) is 102 cm³/mol. The normalized spacial score (nSPS) is 11.2. The van der Waals surface area contributed by atoms with E-state index in [0.29, 0.717) is 30.4 Å². The maximum absolute atomic E-state index is 13.3. The number of nitrogens with zero attached hydrogens (tertiary/aromatic N) is 2. The number of anilines is 1. The van der Waals surface area contributed by atoms with Crippen LogP contribution in [0, 0.1) is 19.7 Å². The summed E-state index contributed by atoms with van der Waals surface area (Å²) >= 11 is 0. The van der Waals surface area contributed by atoms with Crippen LogP contribution in [0.4, 0.5) is 10.2 Å². The molecule has 0 radical (unpaired) electrons. The lowest BCUT2D eigenvalue weighted by molar-refractivity contribution is -0.116. The van der Waals surface area contributed by atoms with Gasteiger partial charge in [-0.05, 0) is 43.2 Å². The van der Waals surface area contributed by atoms with Crippen LogP contribution >= 0.6 is 0 Å². The molecule has 1 aromatic carbocycles. The third-order valence-electron chi connectivity index (χ3n) is 3.71. The average molecular weight is 357 g/mol. The Morgan fingerprint density at radius 2 is 2.00 bits per heavy atom. The summed E-state index contributed by atoms with van der Waals surface area (Å²) in [5, 5.41) is 8.97. The molecular formula is C19H24FN5O. The lowest BCUT2D eigenvalue weighted by atomic mass is 10.1. The minimum Gasteiger partial charge on any atom is -0.356 e. The van der Waals surface area contributed by atoms with Crippen LogP contribution < -0.4 is 16.0 Å². The summed E-state index contributed by atoms with van der Waals surface area (Å²) in [4.78, 5) is 20.3. The summed E-state index contributed by atoms with van der Waals surface area (Å²) in [5.74, 6) is 0.781. The molecule has 0 aliphatic rings. The Balaban J connectivity index is 1.74. The Bertz CT molecular complexity index is 791. The van der Waals surface area contributed by atoms with Crippen molar-refractivity contribution in [1.29, 1.82) is 0 Å². The highest BCUT2D eigenvalue weighted by Gasteiger charge is 2.05. The van der Waals surface area contributed by atoms with Crippen molar-refractivity contribution in [2.24, 2.45) is 4.99 Å². The van der Waals surface area contributed by atoms with E-state index in [2.05, 4.69) is 25.9 Å². The van der Waals surface area contributed by atoms with Gasteiger partial charge < -0.3 is 16.0 Å². The molecule has 1 aromatic heterocycles. The van der Waals surface area contributed by atoms with Gasteiger partial charge in [-0.2, -0.15) is 0 Å². The Labute approximate surface area is 152 Å². The van der Waals surface area contributed by atoms with E-state index in [1.165, 1.54) is 6.07 Å². The van der Waals surface area contributed by atoms with Gasteiger partial charge in [0.05, 0.1) is 0 Å². The van der Waals surface area contributed by atoms with Crippen molar-refractivity contribution in [3.8, 4) is 0 Å². The fourth-order valence-corrected chi connectivity index (χ4v) is 2.34. The zero-order chi connectivity index (χ0) is 18.9. The highest BCUT2D eigenvalue weighted by molar-refractivity contribution is 5.90. The standard InChI is InChI=1S/C19H24FN5O/c1-13-11-15(7-8-16(13)20)12-23-19(21-3)22-10-9-18(26)25-17-6-4-5-14(2)24-17/h4-8,11H,9-10,12H2,1-3H3,(H2,21,22,23)(H,24,25,26). The van der Waals surface area contributed by atoms with Crippen LogP contribution in [-0.2, 0) is 11.3 Å². The highest BCUT2D eigenvalue weighted by atomic mass is 19.1. The number of hydrogen-bond acceptors (Lipinski definition) is 3. The number of rotatable bonds is 6. The maximum Gasteiger partial charge on any atom is 0.227 e. The summed E-state index contributed by atoms with van der Waals surface area (Å²) in [6.07, 6.45) is 0.284. The number of carbonyl (C=O) groups excluding carboxylic acids is 1. The van der Waals surface area contributed by atoms with Crippen LogP contribution in [0.1, 0.15) is 23.2 Å². The molecule has 0 saturated carbocycles. The second kappa shape index (κ2) is 9.50. The van der Waals surface area contributed by atoms with Crippen LogP contribution in [0.5, 0.6) is 0 Å². The van der Waals surface area contributed by atoms with E-state index in [1.807, 2.05) is 19.1 Å². The van der Waals surface area contributed by atoms with E-state index in [4.69, 9.17) is 0 Å². The van der Waals surface area contributed by atoms with Crippen molar-refractivity contribution in [2.45, 2.75) is 26.8 Å². The lowest BCUT2D eigenvalue weighted by Crippen LogP contribution is -2.38. The predicted octanol–water partition coefficient (Wildman–Crippen LogP) is 2.53. The molecule has 0 fully saturated rings. The number of pyridine rings is 1. The topological polar surface area (TPSA) is 78.4 Å². The third kappa shape index (κ3) is 6.16. The summed E-state index contributed by atoms with van der Waals surface area (Å²) in [6, 6.07) is 10.4. The minimum atomic E-state index is -0.217. The van der Waals surface area contributed by atoms with Crippen molar-refractivity contribution >= 4 is 17.7 Å². The third-order valence-corrected chi connectivity index (χ3v) is 3.71. The molecule has 6 nitrogen and oxygen atoms in total. The number of halogens is 1. The van der Waals surface area contributed by atoms with Crippen molar-refractivity contribution in [3.05, 3.63) is 59.0 Å². The SMILES string of the molecule is CN=C(NCCC(=O)Nc1cccc(C)n1)NCc1ccc(F)c(C)c1. The largest absolute Gasteiger partial charge is 0.356 e. The first-order valence-electron chi connectivity index (χ1n) is 8.41. The first-order valence-corrected chi connectivity index (χ1v) is 8.41. The van der Waals surface area contributed by atoms with Gasteiger partial charge in [-0.15, -0.1) is 0 Å². The molecule has 1 amide bonds. The minimum absolute atomic E-state index is 0.125. The number of benzene rings is 1. The Hall–Kier alpha value is -2.96. The summed E-state index contributed by atoms with van der Waals surface area (Å²) in [6.45, 7) is 4.54. The molecule has 0 aliphatic heterocycles. The molecule has 0 spiro atoms. The van der Waals surface area contributed by atoms with Gasteiger partial charge in [0.1, 0.15) is 11.6 Å². The van der Waals surface area contributed by atoms with Gasteiger partial charge in [0, 0.05) is 32.3 Å². The lowest BCUT2D eigenvalue weighted by Gasteiger charge is -2.12. The van der Waals surface area contributed by atoms with Gasteiger partial charge in [0.25, 0.3) is 0 Å².